The molecule has 0 aromatic carbocycles. The number of carboxylic acid groups (broad SMARTS) is 2. The Morgan fingerprint density at radius 3 is 1.42 bits per heavy atom. The Morgan fingerprint density at radius 2 is 1.25 bits per heavy atom. The van der Waals surface area contributed by atoms with Crippen LogP contribution in [0.2, 0.25) is 5.82 Å². The molecule has 76 valence electrons. The van der Waals surface area contributed by atoms with Crippen LogP contribution < -0.4 is 0 Å². The Kier molecular flexibility index (Phi) is 12.2. The molecule has 0 radical (unpaired) electrons. The van der Waals surface area contributed by atoms with Crippen LogP contribution in [0.5, 0.6) is 0 Å². The molecule has 0 aliphatic heterocycles. The molecule has 0 bridgehead atoms. The van der Waals surface area contributed by atoms with Gasteiger partial charge in [0, 0.05) is 12.8 Å². The van der Waals surface area contributed by atoms with Gasteiger partial charge < -0.3 is 10.2 Å². The molecule has 0 unspecified atom stereocenters. The number of aliphatic carboxylic acids is 2. The van der Waals surface area contributed by atoms with E-state index in [0.29, 0.717) is 12.8 Å². The molecule has 0 aliphatic rings. The number of carbonyl (C=O) groups is 2. The SMILES string of the molecule is O=C(O)CCCCC(=O)O.[CH3][Cu]. The first-order valence-electron chi connectivity index (χ1n) is 3.36. The minimum absolute atomic E-state index is 0.0628. The summed E-state index contributed by atoms with van der Waals surface area (Å²) in [4.78, 5) is 19.8. The van der Waals surface area contributed by atoms with Gasteiger partial charge in [0.2, 0.25) is 0 Å². The summed E-state index contributed by atoms with van der Waals surface area (Å²) in [5.41, 5.74) is 0. The van der Waals surface area contributed by atoms with Gasteiger partial charge in [0.15, 0.2) is 0 Å². The van der Waals surface area contributed by atoms with Gasteiger partial charge in [0.1, 0.15) is 0 Å². The van der Waals surface area contributed by atoms with Crippen LogP contribution in [0.15, 0.2) is 0 Å². The topological polar surface area (TPSA) is 74.6 Å². The van der Waals surface area contributed by atoms with E-state index < -0.39 is 11.9 Å². The van der Waals surface area contributed by atoms with Gasteiger partial charge in [-0.15, -0.1) is 0 Å². The fraction of sp³-hybridized carbons (Fsp3) is 0.714. The Bertz CT molecular complexity index is 119. The van der Waals surface area contributed by atoms with Crippen molar-refractivity contribution >= 4 is 11.9 Å². The van der Waals surface area contributed by atoms with Crippen molar-refractivity contribution in [3.63, 3.8) is 0 Å². The van der Waals surface area contributed by atoms with E-state index in [-0.39, 0.29) is 12.8 Å². The van der Waals surface area contributed by atoms with E-state index in [1.54, 1.807) is 5.82 Å². The Balaban J connectivity index is 0. The third-order valence-electron chi connectivity index (χ3n) is 1.03. The molecule has 5 heteroatoms. The average Bonchev–Trinajstić information content (AvgIpc) is 2.02. The van der Waals surface area contributed by atoms with Crippen LogP contribution in [0.3, 0.4) is 0 Å². The second-order valence-electron chi connectivity index (χ2n) is 1.99. The fourth-order valence-corrected chi connectivity index (χ4v) is 0.552. The summed E-state index contributed by atoms with van der Waals surface area (Å²) in [6.07, 6.45) is 1.02. The van der Waals surface area contributed by atoms with Gasteiger partial charge in [0.25, 0.3) is 0 Å². The standard InChI is InChI=1S/C6H10O4.CH3.Cu/c7-5(8)3-1-2-4-6(9)10;;/h1-4H2,(H,7,8)(H,9,10);1H3;. The Labute approximate surface area is 79.8 Å². The summed E-state index contributed by atoms with van der Waals surface area (Å²) in [6.45, 7) is 0. The zero-order valence-corrected chi connectivity index (χ0v) is 7.78. The number of carboxylic acids is 2. The molecule has 0 saturated heterocycles. The molecular weight excluding hydrogens is 212 g/mol. The van der Waals surface area contributed by atoms with Gasteiger partial charge in [0.05, 0.1) is 0 Å². The van der Waals surface area contributed by atoms with Gasteiger partial charge in [-0.2, -0.15) is 0 Å². The van der Waals surface area contributed by atoms with Crippen LogP contribution in [-0.2, 0) is 25.6 Å². The van der Waals surface area contributed by atoms with Crippen LogP contribution in [0.1, 0.15) is 25.7 Å². The van der Waals surface area contributed by atoms with E-state index in [4.69, 9.17) is 10.2 Å². The molecule has 0 aromatic rings. The second-order valence-corrected chi connectivity index (χ2v) is 1.99. The fourth-order valence-electron chi connectivity index (χ4n) is 0.552. The van der Waals surface area contributed by atoms with Crippen LogP contribution in [0.4, 0.5) is 0 Å². The van der Waals surface area contributed by atoms with Crippen molar-refractivity contribution < 1.29 is 35.8 Å². The van der Waals surface area contributed by atoms with Gasteiger partial charge in [-0.05, 0) is 12.8 Å². The average molecular weight is 225 g/mol. The molecule has 0 atom stereocenters. The summed E-state index contributed by atoms with van der Waals surface area (Å²) in [5.74, 6) is -0.178. The number of hydrogen-bond donors (Lipinski definition) is 2. The number of rotatable bonds is 5. The van der Waals surface area contributed by atoms with E-state index in [9.17, 15) is 9.59 Å². The van der Waals surface area contributed by atoms with Crippen molar-refractivity contribution in [2.75, 3.05) is 0 Å². The van der Waals surface area contributed by atoms with Gasteiger partial charge in [-0.1, -0.05) is 0 Å². The maximum atomic E-state index is 9.90. The van der Waals surface area contributed by atoms with Gasteiger partial charge in [-0.3, -0.25) is 9.59 Å². The van der Waals surface area contributed by atoms with E-state index in [0.717, 1.165) is 0 Å². The van der Waals surface area contributed by atoms with Gasteiger partial charge >= 0.3 is 33.8 Å². The molecule has 4 nitrogen and oxygen atoms in total. The van der Waals surface area contributed by atoms with Crippen LogP contribution in [-0.4, -0.2) is 22.2 Å². The van der Waals surface area contributed by atoms with Crippen LogP contribution in [0.25, 0.3) is 0 Å². The molecule has 0 saturated carbocycles. The quantitative estimate of drug-likeness (QED) is 0.545. The van der Waals surface area contributed by atoms with Crippen molar-refractivity contribution in [3.05, 3.63) is 0 Å². The minimum atomic E-state index is -0.870. The number of hydrogen-bond acceptors (Lipinski definition) is 2. The molecule has 0 amide bonds. The third-order valence-corrected chi connectivity index (χ3v) is 1.03. The molecule has 2 N–H and O–H groups in total. The molecule has 0 spiro atoms. The second kappa shape index (κ2) is 10.5. The predicted molar refractivity (Wildman–Crippen MR) is 39.6 cm³/mol. The number of unbranched alkanes of at least 4 members (excludes halogenated alkanes) is 1. The van der Waals surface area contributed by atoms with Crippen molar-refractivity contribution in [2.24, 2.45) is 0 Å². The molecule has 0 aromatic heterocycles. The van der Waals surface area contributed by atoms with E-state index in [2.05, 4.69) is 16.0 Å². The summed E-state index contributed by atoms with van der Waals surface area (Å²) >= 11 is 4.19. The van der Waals surface area contributed by atoms with Crippen molar-refractivity contribution in [2.45, 2.75) is 31.5 Å². The predicted octanol–water partition coefficient (Wildman–Crippen LogP) is 1.30. The first-order valence-corrected chi connectivity index (χ1v) is 4.31. The molecule has 0 fully saturated rings. The van der Waals surface area contributed by atoms with Crippen LogP contribution in [0, 0.1) is 0 Å². The summed E-state index contributed by atoms with van der Waals surface area (Å²) in [6, 6.07) is 0. The Morgan fingerprint density at radius 1 is 1.00 bits per heavy atom. The first-order chi connectivity index (χ1) is 5.63. The van der Waals surface area contributed by atoms with Crippen molar-refractivity contribution in [1.82, 2.24) is 0 Å². The van der Waals surface area contributed by atoms with E-state index in [1.807, 2.05) is 0 Å². The van der Waals surface area contributed by atoms with E-state index in [1.165, 1.54) is 0 Å². The zero-order chi connectivity index (χ0) is 9.98. The zero-order valence-electron chi connectivity index (χ0n) is 6.84. The monoisotopic (exact) mass is 224 g/mol. The van der Waals surface area contributed by atoms with E-state index >= 15 is 0 Å². The normalized spacial score (nSPS) is 8.25. The summed E-state index contributed by atoms with van der Waals surface area (Å²) in [7, 11) is 0. The van der Waals surface area contributed by atoms with Gasteiger partial charge in [-0.25, -0.2) is 0 Å². The molecular formula is C7H13CuO4. The van der Waals surface area contributed by atoms with Crippen molar-refractivity contribution in [1.29, 1.82) is 0 Å². The van der Waals surface area contributed by atoms with Crippen LogP contribution >= 0.6 is 0 Å². The first kappa shape index (κ1) is 14.0. The molecule has 12 heavy (non-hydrogen) atoms. The third kappa shape index (κ3) is 16.2. The summed E-state index contributed by atoms with van der Waals surface area (Å²) < 4.78 is 0. The molecule has 0 aliphatic carbocycles. The summed E-state index contributed by atoms with van der Waals surface area (Å²) in [5, 5.41) is 16.3. The molecule has 0 rings (SSSR count). The molecule has 0 heterocycles. The maximum absolute atomic E-state index is 9.90. The Hall–Kier alpha value is -0.541. The van der Waals surface area contributed by atoms with Crippen molar-refractivity contribution in [3.8, 4) is 0 Å².